The molecule has 0 spiro atoms. The van der Waals surface area contributed by atoms with E-state index in [0.29, 0.717) is 28.9 Å². The van der Waals surface area contributed by atoms with E-state index in [4.69, 9.17) is 16.0 Å². The van der Waals surface area contributed by atoms with Crippen molar-refractivity contribution in [1.29, 1.82) is 5.26 Å². The van der Waals surface area contributed by atoms with Crippen LogP contribution in [0.5, 0.6) is 0 Å². The molecule has 0 amide bonds. The first-order valence-electron chi connectivity index (χ1n) is 8.79. The Kier molecular flexibility index (Phi) is 7.40. The number of pyridine rings is 1. The highest BCUT2D eigenvalue weighted by molar-refractivity contribution is 5.87. The summed E-state index contributed by atoms with van der Waals surface area (Å²) >= 11 is 0. The molecule has 3 heterocycles. The normalized spacial score (nSPS) is 15.3. The minimum atomic E-state index is 0. The van der Waals surface area contributed by atoms with E-state index in [2.05, 4.69) is 31.6 Å². The standard InChI is InChI=1S/C19H20N8.2ClH/c1-22-14-4-6-27(11-14)18-17-16(3-2-5-23-17)25-19(26-18)24-15-8-12(10-20)7-13(21)9-15;;/h2-3,5,7-9,14,22H,4,6,11,21H2,1H3,(H,24,25,26);2*1H/t14-;;/m0../s1. The predicted octanol–water partition coefficient (Wildman–Crippen LogP) is 2.86. The van der Waals surface area contributed by atoms with Gasteiger partial charge in [-0.3, -0.25) is 4.98 Å². The van der Waals surface area contributed by atoms with E-state index in [0.717, 1.165) is 36.4 Å². The monoisotopic (exact) mass is 432 g/mol. The van der Waals surface area contributed by atoms with Crippen LogP contribution < -0.4 is 21.3 Å². The number of nitrogen functional groups attached to an aromatic ring is 1. The second-order valence-electron chi connectivity index (χ2n) is 6.54. The second kappa shape index (κ2) is 9.56. The van der Waals surface area contributed by atoms with Crippen LogP contribution in [0, 0.1) is 11.3 Å². The van der Waals surface area contributed by atoms with Crippen molar-refractivity contribution < 1.29 is 0 Å². The second-order valence-corrected chi connectivity index (χ2v) is 6.54. The molecule has 152 valence electrons. The fraction of sp³-hybridized carbons (Fsp3) is 0.263. The number of aromatic nitrogens is 3. The summed E-state index contributed by atoms with van der Waals surface area (Å²) in [5.41, 5.74) is 9.10. The Labute approximate surface area is 181 Å². The summed E-state index contributed by atoms with van der Waals surface area (Å²) in [7, 11) is 1.98. The molecule has 2 aromatic heterocycles. The zero-order chi connectivity index (χ0) is 18.8. The zero-order valence-electron chi connectivity index (χ0n) is 15.8. The highest BCUT2D eigenvalue weighted by Gasteiger charge is 2.25. The summed E-state index contributed by atoms with van der Waals surface area (Å²) in [6.07, 6.45) is 2.81. The lowest BCUT2D eigenvalue weighted by atomic mass is 10.2. The molecule has 0 unspecified atom stereocenters. The summed E-state index contributed by atoms with van der Waals surface area (Å²) in [6, 6.07) is 11.4. The van der Waals surface area contributed by atoms with Crippen LogP contribution >= 0.6 is 24.8 Å². The molecule has 4 rings (SSSR count). The largest absolute Gasteiger partial charge is 0.399 e. The zero-order valence-corrected chi connectivity index (χ0v) is 17.4. The van der Waals surface area contributed by atoms with Gasteiger partial charge in [-0.1, -0.05) is 0 Å². The molecule has 4 N–H and O–H groups in total. The molecule has 0 bridgehead atoms. The van der Waals surface area contributed by atoms with Gasteiger partial charge in [-0.2, -0.15) is 10.2 Å². The van der Waals surface area contributed by atoms with Crippen LogP contribution in [0.2, 0.25) is 0 Å². The average Bonchev–Trinajstić information content (AvgIpc) is 3.16. The summed E-state index contributed by atoms with van der Waals surface area (Å²) in [4.78, 5) is 16.0. The van der Waals surface area contributed by atoms with Gasteiger partial charge in [0.25, 0.3) is 0 Å². The molecule has 3 aromatic rings. The Bertz CT molecular complexity index is 1040. The number of hydrogen-bond acceptors (Lipinski definition) is 8. The Morgan fingerprint density at radius 1 is 1.24 bits per heavy atom. The van der Waals surface area contributed by atoms with Crippen molar-refractivity contribution in [1.82, 2.24) is 20.3 Å². The molecule has 0 aliphatic carbocycles. The lowest BCUT2D eigenvalue weighted by Gasteiger charge is -2.19. The smallest absolute Gasteiger partial charge is 0.229 e. The molecule has 1 aliphatic rings. The number of fused-ring (bicyclic) bond motifs is 1. The van der Waals surface area contributed by atoms with E-state index >= 15 is 0 Å². The predicted molar refractivity (Wildman–Crippen MR) is 120 cm³/mol. The minimum Gasteiger partial charge on any atom is -0.399 e. The highest BCUT2D eigenvalue weighted by atomic mass is 35.5. The van der Waals surface area contributed by atoms with Crippen molar-refractivity contribution in [2.45, 2.75) is 12.5 Å². The lowest BCUT2D eigenvalue weighted by Crippen LogP contribution is -2.30. The van der Waals surface area contributed by atoms with E-state index in [1.807, 2.05) is 19.2 Å². The molecule has 1 aliphatic heterocycles. The van der Waals surface area contributed by atoms with Gasteiger partial charge in [0.15, 0.2) is 5.82 Å². The molecule has 10 heteroatoms. The van der Waals surface area contributed by atoms with Crippen molar-refractivity contribution in [2.24, 2.45) is 0 Å². The number of nitrogens with two attached hydrogens (primary N) is 1. The molecule has 0 saturated carbocycles. The Hall–Kier alpha value is -2.86. The number of hydrogen-bond donors (Lipinski definition) is 3. The molecule has 29 heavy (non-hydrogen) atoms. The van der Waals surface area contributed by atoms with Gasteiger partial charge in [-0.05, 0) is 43.8 Å². The maximum Gasteiger partial charge on any atom is 0.229 e. The first-order valence-corrected chi connectivity index (χ1v) is 8.79. The van der Waals surface area contributed by atoms with Crippen molar-refractivity contribution in [3.8, 4) is 6.07 Å². The van der Waals surface area contributed by atoms with E-state index in [-0.39, 0.29) is 24.8 Å². The SMILES string of the molecule is CN[C@H]1CCN(c2nc(Nc3cc(N)cc(C#N)c3)nc3cccnc23)C1.Cl.Cl. The maximum atomic E-state index is 9.14. The molecular weight excluding hydrogens is 411 g/mol. The van der Waals surface area contributed by atoms with Gasteiger partial charge >= 0.3 is 0 Å². The van der Waals surface area contributed by atoms with Gasteiger partial charge in [0.05, 0.1) is 17.1 Å². The molecule has 8 nitrogen and oxygen atoms in total. The van der Waals surface area contributed by atoms with Gasteiger partial charge in [0.1, 0.15) is 5.52 Å². The fourth-order valence-corrected chi connectivity index (χ4v) is 3.33. The van der Waals surface area contributed by atoms with Crippen LogP contribution in [0.4, 0.5) is 23.1 Å². The summed E-state index contributed by atoms with van der Waals surface area (Å²) in [5, 5.41) is 15.6. The number of nitrogens with zero attached hydrogens (tertiary/aromatic N) is 5. The Morgan fingerprint density at radius 3 is 2.79 bits per heavy atom. The first-order chi connectivity index (χ1) is 13.2. The van der Waals surface area contributed by atoms with Crippen molar-refractivity contribution in [2.75, 3.05) is 36.1 Å². The molecule has 0 radical (unpaired) electrons. The summed E-state index contributed by atoms with van der Waals surface area (Å²) in [6.45, 7) is 1.78. The summed E-state index contributed by atoms with van der Waals surface area (Å²) in [5.74, 6) is 1.26. The average molecular weight is 433 g/mol. The third-order valence-corrected chi connectivity index (χ3v) is 4.67. The third-order valence-electron chi connectivity index (χ3n) is 4.67. The van der Waals surface area contributed by atoms with E-state index < -0.39 is 0 Å². The van der Waals surface area contributed by atoms with E-state index in [1.165, 1.54) is 0 Å². The van der Waals surface area contributed by atoms with Gasteiger partial charge in [0.2, 0.25) is 5.95 Å². The number of halogens is 2. The summed E-state index contributed by atoms with van der Waals surface area (Å²) < 4.78 is 0. The maximum absolute atomic E-state index is 9.14. The minimum absolute atomic E-state index is 0. The highest BCUT2D eigenvalue weighted by Crippen LogP contribution is 2.28. The number of benzene rings is 1. The lowest BCUT2D eigenvalue weighted by molar-refractivity contribution is 0.616. The van der Waals surface area contributed by atoms with Gasteiger partial charge < -0.3 is 21.3 Å². The first kappa shape index (κ1) is 22.4. The van der Waals surface area contributed by atoms with Gasteiger partial charge in [0, 0.05) is 36.7 Å². The fourth-order valence-electron chi connectivity index (χ4n) is 3.33. The Morgan fingerprint density at radius 2 is 2.07 bits per heavy atom. The van der Waals surface area contributed by atoms with Gasteiger partial charge in [-0.15, -0.1) is 24.8 Å². The quantitative estimate of drug-likeness (QED) is 0.538. The van der Waals surface area contributed by atoms with Crippen LogP contribution in [-0.4, -0.2) is 41.1 Å². The Balaban J connectivity index is 0.00000150. The number of likely N-dealkylation sites (N-methyl/N-ethyl adjacent to an activating group) is 1. The molecule has 1 saturated heterocycles. The number of nitrogens with one attached hydrogen (secondary N) is 2. The van der Waals surface area contributed by atoms with E-state index in [9.17, 15) is 0 Å². The molecule has 1 atom stereocenters. The van der Waals surface area contributed by atoms with Crippen LogP contribution in [0.1, 0.15) is 12.0 Å². The molecule has 1 fully saturated rings. The topological polar surface area (TPSA) is 116 Å². The van der Waals surface area contributed by atoms with Crippen molar-refractivity contribution in [3.63, 3.8) is 0 Å². The van der Waals surface area contributed by atoms with Crippen molar-refractivity contribution in [3.05, 3.63) is 42.1 Å². The van der Waals surface area contributed by atoms with Crippen LogP contribution in [-0.2, 0) is 0 Å². The van der Waals surface area contributed by atoms with Crippen LogP contribution in [0.15, 0.2) is 36.5 Å². The molecular formula is C19H22Cl2N8. The van der Waals surface area contributed by atoms with Crippen molar-refractivity contribution >= 4 is 59.0 Å². The van der Waals surface area contributed by atoms with Crippen LogP contribution in [0.25, 0.3) is 11.0 Å². The number of rotatable bonds is 4. The number of anilines is 4. The van der Waals surface area contributed by atoms with E-state index in [1.54, 1.807) is 24.4 Å². The van der Waals surface area contributed by atoms with Crippen LogP contribution in [0.3, 0.4) is 0 Å². The number of nitriles is 1. The van der Waals surface area contributed by atoms with Gasteiger partial charge in [-0.25, -0.2) is 4.98 Å². The molecule has 1 aromatic carbocycles. The third kappa shape index (κ3) is 4.77.